The van der Waals surface area contributed by atoms with Gasteiger partial charge in [0.15, 0.2) is 6.29 Å². The fraction of sp³-hybridized carbons (Fsp3) is 1.00. The van der Waals surface area contributed by atoms with Gasteiger partial charge in [0.2, 0.25) is 0 Å². The summed E-state index contributed by atoms with van der Waals surface area (Å²) in [6.07, 6.45) is 7.07. The summed E-state index contributed by atoms with van der Waals surface area (Å²) in [6.45, 7) is 3.08. The first-order valence-corrected chi connectivity index (χ1v) is 6.88. The fourth-order valence-electron chi connectivity index (χ4n) is 2.46. The van der Waals surface area contributed by atoms with Crippen LogP contribution in [0.15, 0.2) is 0 Å². The number of hydrogen-bond acceptors (Lipinski definition) is 4. The molecule has 1 saturated carbocycles. The van der Waals surface area contributed by atoms with Crippen LogP contribution in [0.3, 0.4) is 0 Å². The van der Waals surface area contributed by atoms with Gasteiger partial charge >= 0.3 is 0 Å². The number of hydrogen-bond donors (Lipinski definition) is 0. The highest BCUT2D eigenvalue weighted by atomic mass is 16.7. The Balaban J connectivity index is 1.45. The lowest BCUT2D eigenvalue weighted by molar-refractivity contribution is -0.181. The Morgan fingerprint density at radius 1 is 0.882 bits per heavy atom. The van der Waals surface area contributed by atoms with Crippen molar-refractivity contribution in [2.45, 2.75) is 50.6 Å². The zero-order valence-corrected chi connectivity index (χ0v) is 10.3. The van der Waals surface area contributed by atoms with Gasteiger partial charge in [-0.25, -0.2) is 0 Å². The van der Waals surface area contributed by atoms with Crippen LogP contribution < -0.4 is 0 Å². The average molecular weight is 242 g/mol. The molecule has 4 nitrogen and oxygen atoms in total. The predicted octanol–water partition coefficient (Wildman–Crippen LogP) is 1.72. The Kier molecular flexibility index (Phi) is 3.96. The lowest BCUT2D eigenvalue weighted by atomic mass is 9.89. The molecule has 0 radical (unpaired) electrons. The smallest absolute Gasteiger partial charge is 0.160 e. The minimum absolute atomic E-state index is 0.0382. The second kappa shape index (κ2) is 5.65. The first-order chi connectivity index (χ1) is 8.42. The van der Waals surface area contributed by atoms with Crippen molar-refractivity contribution in [2.24, 2.45) is 5.92 Å². The van der Waals surface area contributed by atoms with Gasteiger partial charge in [-0.15, -0.1) is 0 Å². The number of ether oxygens (including phenoxy) is 4. The molecule has 0 N–H and O–H groups in total. The molecule has 3 aliphatic rings. The molecule has 0 aromatic carbocycles. The topological polar surface area (TPSA) is 43.5 Å². The zero-order chi connectivity index (χ0) is 11.5. The first-order valence-electron chi connectivity index (χ1n) is 6.88. The lowest BCUT2D eigenvalue weighted by Gasteiger charge is -2.29. The summed E-state index contributed by atoms with van der Waals surface area (Å²) in [7, 11) is 0. The molecule has 2 heterocycles. The van der Waals surface area contributed by atoms with Crippen LogP contribution in [0.5, 0.6) is 0 Å². The van der Waals surface area contributed by atoms with E-state index in [0.717, 1.165) is 13.2 Å². The lowest BCUT2D eigenvalue weighted by Crippen LogP contribution is -2.31. The molecule has 2 saturated heterocycles. The standard InChI is InChI=1S/C13H22O4/c1-2-4-10(5-3-1)13(16-8-11-6-14-11)17-9-12-7-15-12/h10-13H,1-9H2. The summed E-state index contributed by atoms with van der Waals surface area (Å²) in [6, 6.07) is 0. The quantitative estimate of drug-likeness (QED) is 0.503. The highest BCUT2D eigenvalue weighted by Crippen LogP contribution is 2.29. The van der Waals surface area contributed by atoms with Crippen LogP contribution in [-0.4, -0.2) is 44.9 Å². The molecule has 2 unspecified atom stereocenters. The molecular weight excluding hydrogens is 220 g/mol. The van der Waals surface area contributed by atoms with Gasteiger partial charge in [-0.05, 0) is 12.8 Å². The van der Waals surface area contributed by atoms with Gasteiger partial charge in [0.05, 0.1) is 26.4 Å². The Morgan fingerprint density at radius 3 is 1.88 bits per heavy atom. The van der Waals surface area contributed by atoms with Crippen LogP contribution in [0.1, 0.15) is 32.1 Å². The molecule has 17 heavy (non-hydrogen) atoms. The van der Waals surface area contributed by atoms with Crippen LogP contribution in [0, 0.1) is 5.92 Å². The minimum Gasteiger partial charge on any atom is -0.371 e. The van der Waals surface area contributed by atoms with Crippen molar-refractivity contribution in [3.05, 3.63) is 0 Å². The first kappa shape index (κ1) is 11.9. The average Bonchev–Trinajstić information content (AvgIpc) is 3.25. The van der Waals surface area contributed by atoms with Gasteiger partial charge in [-0.2, -0.15) is 0 Å². The van der Waals surface area contributed by atoms with Crippen LogP contribution in [-0.2, 0) is 18.9 Å². The molecule has 0 aromatic rings. The third-order valence-electron chi connectivity index (χ3n) is 3.73. The predicted molar refractivity (Wildman–Crippen MR) is 61.7 cm³/mol. The van der Waals surface area contributed by atoms with Crippen molar-refractivity contribution < 1.29 is 18.9 Å². The van der Waals surface area contributed by atoms with Crippen molar-refractivity contribution in [3.8, 4) is 0 Å². The van der Waals surface area contributed by atoms with Gasteiger partial charge in [0.25, 0.3) is 0 Å². The summed E-state index contributed by atoms with van der Waals surface area (Å²) in [5.74, 6) is 0.571. The van der Waals surface area contributed by atoms with E-state index in [2.05, 4.69) is 0 Å². The Labute approximate surface area is 103 Å². The minimum atomic E-state index is -0.0382. The Morgan fingerprint density at radius 2 is 1.41 bits per heavy atom. The van der Waals surface area contributed by atoms with E-state index in [9.17, 15) is 0 Å². The molecule has 0 aromatic heterocycles. The second-order valence-electron chi connectivity index (χ2n) is 5.34. The maximum atomic E-state index is 5.88. The van der Waals surface area contributed by atoms with Crippen LogP contribution in [0.25, 0.3) is 0 Å². The van der Waals surface area contributed by atoms with Crippen molar-refractivity contribution >= 4 is 0 Å². The second-order valence-corrected chi connectivity index (χ2v) is 5.34. The summed E-state index contributed by atoms with van der Waals surface area (Å²) in [5.41, 5.74) is 0. The summed E-state index contributed by atoms with van der Waals surface area (Å²) < 4.78 is 22.1. The van der Waals surface area contributed by atoms with E-state index in [0.29, 0.717) is 31.3 Å². The van der Waals surface area contributed by atoms with Crippen LogP contribution in [0.4, 0.5) is 0 Å². The third kappa shape index (κ3) is 3.91. The van der Waals surface area contributed by atoms with Gasteiger partial charge in [-0.1, -0.05) is 19.3 Å². The van der Waals surface area contributed by atoms with Gasteiger partial charge in [-0.3, -0.25) is 0 Å². The van der Waals surface area contributed by atoms with E-state index in [1.807, 2.05) is 0 Å². The Hall–Kier alpha value is -0.160. The molecule has 2 atom stereocenters. The van der Waals surface area contributed by atoms with E-state index in [4.69, 9.17) is 18.9 Å². The van der Waals surface area contributed by atoms with Crippen molar-refractivity contribution in [2.75, 3.05) is 26.4 Å². The SMILES string of the molecule is C1CCC(C(OCC2CO2)OCC2CO2)CC1. The molecule has 1 aliphatic carbocycles. The fourth-order valence-corrected chi connectivity index (χ4v) is 2.46. The van der Waals surface area contributed by atoms with E-state index >= 15 is 0 Å². The van der Waals surface area contributed by atoms with Gasteiger partial charge in [0.1, 0.15) is 12.2 Å². The molecular formula is C13H22O4. The van der Waals surface area contributed by atoms with E-state index in [-0.39, 0.29) is 6.29 Å². The molecule has 0 bridgehead atoms. The number of rotatable bonds is 7. The molecule has 4 heteroatoms. The maximum Gasteiger partial charge on any atom is 0.160 e. The van der Waals surface area contributed by atoms with Crippen molar-refractivity contribution in [1.82, 2.24) is 0 Å². The van der Waals surface area contributed by atoms with Crippen LogP contribution in [0.2, 0.25) is 0 Å². The maximum absolute atomic E-state index is 5.88. The molecule has 0 amide bonds. The third-order valence-corrected chi connectivity index (χ3v) is 3.73. The van der Waals surface area contributed by atoms with Crippen molar-refractivity contribution in [3.63, 3.8) is 0 Å². The summed E-state index contributed by atoms with van der Waals surface area (Å²) in [5, 5.41) is 0. The van der Waals surface area contributed by atoms with E-state index < -0.39 is 0 Å². The molecule has 98 valence electrons. The normalized spacial score (nSPS) is 34.6. The largest absolute Gasteiger partial charge is 0.371 e. The molecule has 3 fully saturated rings. The summed E-state index contributed by atoms with van der Waals surface area (Å²) >= 11 is 0. The Bertz CT molecular complexity index is 216. The molecule has 0 spiro atoms. The highest BCUT2D eigenvalue weighted by Gasteiger charge is 2.31. The van der Waals surface area contributed by atoms with Gasteiger partial charge in [0, 0.05) is 5.92 Å². The molecule has 3 rings (SSSR count). The van der Waals surface area contributed by atoms with E-state index in [1.165, 1.54) is 32.1 Å². The van der Waals surface area contributed by atoms with Gasteiger partial charge < -0.3 is 18.9 Å². The zero-order valence-electron chi connectivity index (χ0n) is 10.3. The van der Waals surface area contributed by atoms with E-state index in [1.54, 1.807) is 0 Å². The highest BCUT2D eigenvalue weighted by molar-refractivity contribution is 4.74. The van der Waals surface area contributed by atoms with Crippen molar-refractivity contribution in [1.29, 1.82) is 0 Å². The summed E-state index contributed by atoms with van der Waals surface area (Å²) in [4.78, 5) is 0. The monoisotopic (exact) mass is 242 g/mol. The van der Waals surface area contributed by atoms with Crippen LogP contribution >= 0.6 is 0 Å². The number of epoxide rings is 2. The molecule has 2 aliphatic heterocycles.